The minimum absolute atomic E-state index is 0.0400. The number of hydrogen-bond donors (Lipinski definition) is 6. The lowest BCUT2D eigenvalue weighted by Crippen LogP contribution is -2.52. The number of urea groups is 1. The van der Waals surface area contributed by atoms with Gasteiger partial charge in [-0.25, -0.2) is 14.8 Å². The van der Waals surface area contributed by atoms with Gasteiger partial charge < -0.3 is 45.4 Å². The van der Waals surface area contributed by atoms with Crippen molar-refractivity contribution in [2.24, 2.45) is 17.8 Å². The Morgan fingerprint density at radius 3 is 2.23 bits per heavy atom. The molecule has 0 bridgehead atoms. The number of piperidine rings is 1. The molecule has 16 nitrogen and oxygen atoms in total. The standard InChI is InChI=1S/C25H38N4O3.C17H19N3O2S.C11H23NO.C2H6.CH2O2/c1-18-8-7-15-29(17-18)22(30)16-26-25(32)27-23(19-9-5-4-6-10-19)24(31)20-11-13-21(14-12-20)28(2)3;1-10(2)18-17-20-15(9-23-17)14-8-16(22-4)12-6-5-11(21-3)7-13(12)19-14;1-3-4-5-6-7-8-11(2)9-12-10-13;1-2;2-1-3/h11-14,18-19,23H,4-10,15-17H2,1-3H3,(H2,26,27,32);5-10H,1-4H3,(H,18,20);7-8,11-13H,3-6,9-10H2,1-2H3;1-2H3;1H,(H,2,3)/b;;8-7-;;/t18-,23?;;;;/m1..../s1. The second-order valence-corrected chi connectivity index (χ2v) is 19.5. The second-order valence-electron chi connectivity index (χ2n) is 18.6. The molecule has 2 aromatic heterocycles. The van der Waals surface area contributed by atoms with Crippen molar-refractivity contribution < 1.29 is 38.9 Å². The third-order valence-corrected chi connectivity index (χ3v) is 12.9. The summed E-state index contributed by atoms with van der Waals surface area (Å²) in [6.45, 7) is 16.8. The number of benzene rings is 2. The second kappa shape index (κ2) is 36.2. The maximum Gasteiger partial charge on any atom is 0.315 e. The topological polar surface area (TPSA) is 208 Å². The Bertz CT molecular complexity index is 2210. The van der Waals surface area contributed by atoms with Crippen LogP contribution < -0.4 is 35.6 Å². The summed E-state index contributed by atoms with van der Waals surface area (Å²) >= 11 is 1.57. The largest absolute Gasteiger partial charge is 0.497 e. The Balaban J connectivity index is 0.000000388. The first-order chi connectivity index (χ1) is 35.2. The van der Waals surface area contributed by atoms with Crippen LogP contribution in [-0.4, -0.2) is 123 Å². The van der Waals surface area contributed by atoms with E-state index in [9.17, 15) is 14.4 Å². The molecule has 6 N–H and O–H groups in total. The molecule has 3 heterocycles. The summed E-state index contributed by atoms with van der Waals surface area (Å²) < 4.78 is 10.8. The number of nitrogens with zero attached hydrogens (tertiary/aromatic N) is 4. The summed E-state index contributed by atoms with van der Waals surface area (Å²) in [5.41, 5.74) is 4.07. The molecule has 2 fully saturated rings. The van der Waals surface area contributed by atoms with Crippen LogP contribution in [-0.2, 0) is 9.59 Å². The van der Waals surface area contributed by atoms with Crippen LogP contribution >= 0.6 is 11.3 Å². The van der Waals surface area contributed by atoms with Crippen molar-refractivity contribution in [1.29, 1.82) is 0 Å². The fourth-order valence-corrected chi connectivity index (χ4v) is 9.20. The summed E-state index contributed by atoms with van der Waals surface area (Å²) in [6.07, 6.45) is 16.9. The van der Waals surface area contributed by atoms with Crippen LogP contribution in [0.1, 0.15) is 129 Å². The number of nitrogens with one attached hydrogen (secondary N) is 4. The molecule has 3 amide bonds. The first-order valence-corrected chi connectivity index (χ1v) is 27.0. The highest BCUT2D eigenvalue weighted by molar-refractivity contribution is 7.14. The van der Waals surface area contributed by atoms with Crippen LogP contribution in [0.2, 0.25) is 0 Å². The summed E-state index contributed by atoms with van der Waals surface area (Å²) in [5.74, 6) is 2.56. The molecule has 1 saturated carbocycles. The van der Waals surface area contributed by atoms with Gasteiger partial charge in [0.15, 0.2) is 10.9 Å². The number of carbonyl (C=O) groups is 4. The number of Topliss-reactive ketones (excluding diaryl/α,β-unsaturated/α-hetero) is 1. The Kier molecular flexibility index (Phi) is 31.4. The lowest BCUT2D eigenvalue weighted by atomic mass is 9.81. The van der Waals surface area contributed by atoms with Gasteiger partial charge in [0.25, 0.3) is 6.47 Å². The molecule has 1 aliphatic carbocycles. The van der Waals surface area contributed by atoms with E-state index in [-0.39, 0.29) is 37.4 Å². The average molecular weight is 1030 g/mol. The lowest BCUT2D eigenvalue weighted by molar-refractivity contribution is -0.131. The first-order valence-electron chi connectivity index (χ1n) is 26.1. The van der Waals surface area contributed by atoms with Gasteiger partial charge in [-0.3, -0.25) is 19.7 Å². The number of hydrogen-bond acceptors (Lipinski definition) is 13. The van der Waals surface area contributed by atoms with Gasteiger partial charge in [0.05, 0.1) is 44.7 Å². The van der Waals surface area contributed by atoms with Gasteiger partial charge in [0.1, 0.15) is 17.2 Å². The number of unbranched alkanes of at least 4 members (excludes halogenated alkanes) is 3. The fraction of sp³-hybridized carbons (Fsp3) is 0.571. The number of ketones is 1. The predicted octanol–water partition coefficient (Wildman–Crippen LogP) is 10.7. The maximum atomic E-state index is 13.4. The third-order valence-electron chi connectivity index (χ3n) is 12.2. The number of amides is 3. The minimum atomic E-state index is -0.578. The van der Waals surface area contributed by atoms with Crippen LogP contribution in [0.3, 0.4) is 0 Å². The molecule has 1 saturated heterocycles. The number of carboxylic acid groups (broad SMARTS) is 1. The molecule has 2 aliphatic rings. The first kappa shape index (κ1) is 63.3. The molecule has 406 valence electrons. The van der Waals surface area contributed by atoms with E-state index in [1.54, 1.807) is 25.6 Å². The third kappa shape index (κ3) is 23.3. The van der Waals surface area contributed by atoms with Gasteiger partial charge in [-0.15, -0.1) is 11.3 Å². The summed E-state index contributed by atoms with van der Waals surface area (Å²) in [4.78, 5) is 60.0. The summed E-state index contributed by atoms with van der Waals surface area (Å²) in [6, 6.07) is 14.5. The van der Waals surface area contributed by atoms with E-state index < -0.39 is 12.1 Å². The van der Waals surface area contributed by atoms with E-state index in [1.807, 2.05) is 91.7 Å². The van der Waals surface area contributed by atoms with Crippen molar-refractivity contribution in [1.82, 2.24) is 30.8 Å². The van der Waals surface area contributed by atoms with E-state index in [1.165, 1.54) is 32.1 Å². The highest BCUT2D eigenvalue weighted by Crippen LogP contribution is 2.33. The molecule has 0 radical (unpaired) electrons. The smallest absolute Gasteiger partial charge is 0.315 e. The molecular formula is C56H88N8O8S. The number of likely N-dealkylation sites (tertiary alicyclic amines) is 1. The molecule has 2 aromatic carbocycles. The Morgan fingerprint density at radius 2 is 1.63 bits per heavy atom. The van der Waals surface area contributed by atoms with Gasteiger partial charge in [-0.1, -0.05) is 78.9 Å². The summed E-state index contributed by atoms with van der Waals surface area (Å²) in [7, 11) is 7.22. The number of thiazole rings is 1. The van der Waals surface area contributed by atoms with Crippen molar-refractivity contribution in [2.45, 2.75) is 131 Å². The molecule has 73 heavy (non-hydrogen) atoms. The van der Waals surface area contributed by atoms with E-state index in [2.05, 4.69) is 73.0 Å². The molecule has 1 aliphatic heterocycles. The van der Waals surface area contributed by atoms with Crippen molar-refractivity contribution in [3.63, 3.8) is 0 Å². The normalized spacial score (nSPS) is 15.1. The highest BCUT2D eigenvalue weighted by Gasteiger charge is 2.32. The Labute approximate surface area is 440 Å². The van der Waals surface area contributed by atoms with Crippen molar-refractivity contribution >= 4 is 57.3 Å². The number of aliphatic hydroxyl groups excluding tert-OH is 1. The van der Waals surface area contributed by atoms with Gasteiger partial charge in [-0.05, 0) is 107 Å². The van der Waals surface area contributed by atoms with Crippen LogP contribution in [0.25, 0.3) is 22.3 Å². The zero-order valence-corrected chi connectivity index (χ0v) is 46.5. The number of carbonyl (C=O) groups excluding carboxylic acids is 3. The minimum Gasteiger partial charge on any atom is -0.497 e. The lowest BCUT2D eigenvalue weighted by Gasteiger charge is -2.32. The number of methoxy groups -OCH3 is 2. The van der Waals surface area contributed by atoms with Gasteiger partial charge in [0, 0.05) is 73.9 Å². The monoisotopic (exact) mass is 1030 g/mol. The Hall–Kier alpha value is -5.78. The number of aliphatic hydroxyl groups is 1. The zero-order chi connectivity index (χ0) is 54.1. The zero-order valence-electron chi connectivity index (χ0n) is 45.7. The maximum absolute atomic E-state index is 13.4. The number of rotatable bonds is 20. The van der Waals surface area contributed by atoms with Gasteiger partial charge >= 0.3 is 6.03 Å². The van der Waals surface area contributed by atoms with Crippen LogP contribution in [0.5, 0.6) is 11.5 Å². The molecule has 6 rings (SSSR count). The molecular weight excluding hydrogens is 945 g/mol. The highest BCUT2D eigenvalue weighted by atomic mass is 32.1. The quantitative estimate of drug-likeness (QED) is 0.0160. The number of allylic oxidation sites excluding steroid dienone is 1. The van der Waals surface area contributed by atoms with Crippen molar-refractivity contribution in [3.8, 4) is 22.9 Å². The van der Waals surface area contributed by atoms with Crippen molar-refractivity contribution in [3.05, 3.63) is 71.6 Å². The van der Waals surface area contributed by atoms with E-state index in [4.69, 9.17) is 29.5 Å². The molecule has 0 spiro atoms. The van der Waals surface area contributed by atoms with Gasteiger partial charge in [0.2, 0.25) is 5.91 Å². The molecule has 4 aromatic rings. The Morgan fingerprint density at radius 1 is 0.932 bits per heavy atom. The van der Waals surface area contributed by atoms with Crippen LogP contribution in [0.15, 0.2) is 66.1 Å². The van der Waals surface area contributed by atoms with Gasteiger partial charge in [-0.2, -0.15) is 0 Å². The van der Waals surface area contributed by atoms with Crippen LogP contribution in [0, 0.1) is 17.8 Å². The van der Waals surface area contributed by atoms with E-state index in [0.717, 1.165) is 103 Å². The number of aromatic nitrogens is 2. The predicted molar refractivity (Wildman–Crippen MR) is 299 cm³/mol. The van der Waals surface area contributed by atoms with E-state index >= 15 is 0 Å². The number of fused-ring (bicyclic) bond motifs is 1. The molecule has 17 heteroatoms. The SMILES string of the molecule is CC.CCCCC/C=C\C(C)CNCO.COc1ccc2c(OC)cc(-c3csc(NC(C)C)n3)nc2c1.C[C@@H]1CCCN(C(=O)CNC(=O)NC(C(=O)c2ccc(N(C)C)cc2)C2CCCCC2)C1.O=CO. The molecule has 2 unspecified atom stereocenters. The van der Waals surface area contributed by atoms with E-state index in [0.29, 0.717) is 23.4 Å². The molecule has 3 atom stereocenters. The average Bonchev–Trinajstić information content (AvgIpc) is 3.87. The number of ether oxygens (including phenoxy) is 2. The van der Waals surface area contributed by atoms with Crippen LogP contribution in [0.4, 0.5) is 15.6 Å². The van der Waals surface area contributed by atoms with Crippen molar-refractivity contribution in [2.75, 3.05) is 71.4 Å². The fourth-order valence-electron chi connectivity index (χ4n) is 8.35. The number of pyridine rings is 1. The number of anilines is 2. The summed E-state index contributed by atoms with van der Waals surface area (Å²) in [5, 5.41) is 31.1.